The number of rotatable bonds is 4. The third-order valence-corrected chi connectivity index (χ3v) is 5.02. The van der Waals surface area contributed by atoms with Crippen molar-refractivity contribution in [2.75, 3.05) is 31.9 Å². The second-order valence-corrected chi connectivity index (χ2v) is 7.62. The quantitative estimate of drug-likeness (QED) is 0.815. The zero-order chi connectivity index (χ0) is 11.4. The smallest absolute Gasteiger partial charge is 0.0231 e. The van der Waals surface area contributed by atoms with Crippen LogP contribution in [0.15, 0.2) is 0 Å². The molecular formula is C13H26N2S. The van der Waals surface area contributed by atoms with Gasteiger partial charge in [-0.15, -0.1) is 0 Å². The van der Waals surface area contributed by atoms with Gasteiger partial charge in [-0.1, -0.05) is 12.8 Å². The van der Waals surface area contributed by atoms with E-state index in [4.69, 9.17) is 0 Å². The Balaban J connectivity index is 1.61. The van der Waals surface area contributed by atoms with Crippen molar-refractivity contribution in [2.24, 2.45) is 0 Å². The fourth-order valence-electron chi connectivity index (χ4n) is 2.86. The number of nitrogens with zero attached hydrogens (tertiary/aromatic N) is 1. The van der Waals surface area contributed by atoms with Crippen LogP contribution in [-0.2, 0) is 0 Å². The summed E-state index contributed by atoms with van der Waals surface area (Å²) in [5, 5.41) is 3.71. The van der Waals surface area contributed by atoms with Crippen LogP contribution >= 0.6 is 11.8 Å². The molecule has 16 heavy (non-hydrogen) atoms. The highest BCUT2D eigenvalue weighted by Crippen LogP contribution is 2.29. The van der Waals surface area contributed by atoms with Gasteiger partial charge in [-0.3, -0.25) is 4.90 Å². The van der Waals surface area contributed by atoms with Gasteiger partial charge in [0, 0.05) is 42.7 Å². The second-order valence-electron chi connectivity index (χ2n) is 5.82. The summed E-state index contributed by atoms with van der Waals surface area (Å²) in [5.74, 6) is 1.30. The van der Waals surface area contributed by atoms with E-state index in [0.717, 1.165) is 6.04 Å². The van der Waals surface area contributed by atoms with Crippen LogP contribution in [0.4, 0.5) is 0 Å². The molecule has 1 saturated heterocycles. The Hall–Kier alpha value is 0.270. The van der Waals surface area contributed by atoms with Gasteiger partial charge in [0.2, 0.25) is 0 Å². The molecule has 0 amide bonds. The molecule has 0 spiro atoms. The molecule has 94 valence electrons. The summed E-state index contributed by atoms with van der Waals surface area (Å²) < 4.78 is 0.464. The molecule has 0 aromatic heterocycles. The highest BCUT2D eigenvalue weighted by molar-refractivity contribution is 8.00. The average molecular weight is 242 g/mol. The first-order valence-corrected chi connectivity index (χ1v) is 7.74. The minimum absolute atomic E-state index is 0.464. The molecule has 1 heterocycles. The molecule has 2 nitrogen and oxygen atoms in total. The highest BCUT2D eigenvalue weighted by atomic mass is 32.2. The summed E-state index contributed by atoms with van der Waals surface area (Å²) in [6.07, 6.45) is 5.68. The Labute approximate surface area is 105 Å². The van der Waals surface area contributed by atoms with Gasteiger partial charge in [0.25, 0.3) is 0 Å². The Morgan fingerprint density at radius 1 is 1.31 bits per heavy atom. The Morgan fingerprint density at radius 3 is 2.75 bits per heavy atom. The maximum Gasteiger partial charge on any atom is 0.0231 e. The van der Waals surface area contributed by atoms with E-state index >= 15 is 0 Å². The molecule has 0 aromatic rings. The molecule has 0 unspecified atom stereocenters. The summed E-state index contributed by atoms with van der Waals surface area (Å²) in [7, 11) is 0. The van der Waals surface area contributed by atoms with Crippen LogP contribution in [0.2, 0.25) is 0 Å². The van der Waals surface area contributed by atoms with Gasteiger partial charge in [0.15, 0.2) is 0 Å². The molecular weight excluding hydrogens is 216 g/mol. The molecule has 1 aliphatic heterocycles. The fraction of sp³-hybridized carbons (Fsp3) is 1.00. The van der Waals surface area contributed by atoms with Crippen LogP contribution < -0.4 is 5.32 Å². The topological polar surface area (TPSA) is 15.3 Å². The van der Waals surface area contributed by atoms with E-state index in [1.807, 2.05) is 0 Å². The fourth-order valence-corrected chi connectivity index (χ4v) is 4.04. The number of nitrogens with one attached hydrogen (secondary N) is 1. The van der Waals surface area contributed by atoms with E-state index in [0.29, 0.717) is 4.75 Å². The van der Waals surface area contributed by atoms with Crippen LogP contribution in [0, 0.1) is 0 Å². The summed E-state index contributed by atoms with van der Waals surface area (Å²) in [5.41, 5.74) is 0. The highest BCUT2D eigenvalue weighted by Gasteiger charge is 2.26. The second kappa shape index (κ2) is 5.74. The van der Waals surface area contributed by atoms with Crippen LogP contribution in [0.5, 0.6) is 0 Å². The van der Waals surface area contributed by atoms with E-state index in [-0.39, 0.29) is 0 Å². The number of hydrogen-bond donors (Lipinski definition) is 1. The standard InChI is InChI=1S/C13H26N2S/c1-13(2)11-15(9-10-16-13)8-7-14-12-5-3-4-6-12/h12,14H,3-11H2,1-2H3. The largest absolute Gasteiger partial charge is 0.313 e. The van der Waals surface area contributed by atoms with Gasteiger partial charge < -0.3 is 5.32 Å². The molecule has 2 rings (SSSR count). The first kappa shape index (κ1) is 12.7. The zero-order valence-corrected chi connectivity index (χ0v) is 11.6. The normalized spacial score (nSPS) is 27.4. The van der Waals surface area contributed by atoms with Crippen molar-refractivity contribution >= 4 is 11.8 Å². The lowest BCUT2D eigenvalue weighted by atomic mass is 10.2. The van der Waals surface area contributed by atoms with Crippen molar-refractivity contribution in [1.29, 1.82) is 0 Å². The zero-order valence-electron chi connectivity index (χ0n) is 10.8. The third kappa shape index (κ3) is 3.94. The van der Waals surface area contributed by atoms with Crippen molar-refractivity contribution in [2.45, 2.75) is 50.3 Å². The van der Waals surface area contributed by atoms with Crippen molar-refractivity contribution in [1.82, 2.24) is 10.2 Å². The Kier molecular flexibility index (Phi) is 4.57. The molecule has 1 saturated carbocycles. The minimum atomic E-state index is 0.464. The lowest BCUT2D eigenvalue weighted by Crippen LogP contribution is -2.46. The van der Waals surface area contributed by atoms with Crippen molar-refractivity contribution in [3.63, 3.8) is 0 Å². The molecule has 2 fully saturated rings. The van der Waals surface area contributed by atoms with Gasteiger partial charge in [-0.05, 0) is 26.7 Å². The van der Waals surface area contributed by atoms with Gasteiger partial charge in [0.05, 0.1) is 0 Å². The van der Waals surface area contributed by atoms with Gasteiger partial charge in [-0.2, -0.15) is 11.8 Å². The van der Waals surface area contributed by atoms with Crippen LogP contribution in [0.3, 0.4) is 0 Å². The summed E-state index contributed by atoms with van der Waals surface area (Å²) in [4.78, 5) is 2.62. The van der Waals surface area contributed by atoms with Gasteiger partial charge in [0.1, 0.15) is 0 Å². The van der Waals surface area contributed by atoms with Crippen molar-refractivity contribution < 1.29 is 0 Å². The summed E-state index contributed by atoms with van der Waals surface area (Å²) >= 11 is 2.12. The molecule has 0 radical (unpaired) electrons. The first-order chi connectivity index (χ1) is 7.66. The van der Waals surface area contributed by atoms with E-state index in [2.05, 4.69) is 35.8 Å². The van der Waals surface area contributed by atoms with Crippen LogP contribution in [0.1, 0.15) is 39.5 Å². The number of thioether (sulfide) groups is 1. The van der Waals surface area contributed by atoms with Gasteiger partial charge >= 0.3 is 0 Å². The molecule has 0 bridgehead atoms. The lowest BCUT2D eigenvalue weighted by Gasteiger charge is -2.37. The Bertz CT molecular complexity index is 212. The molecule has 1 aliphatic carbocycles. The molecule has 0 aromatic carbocycles. The molecule has 2 aliphatic rings. The van der Waals surface area contributed by atoms with E-state index in [9.17, 15) is 0 Å². The summed E-state index contributed by atoms with van der Waals surface area (Å²) in [6.45, 7) is 9.69. The van der Waals surface area contributed by atoms with E-state index in [1.54, 1.807) is 0 Å². The molecule has 3 heteroatoms. The summed E-state index contributed by atoms with van der Waals surface area (Å²) in [6, 6.07) is 0.826. The van der Waals surface area contributed by atoms with Crippen molar-refractivity contribution in [3.05, 3.63) is 0 Å². The van der Waals surface area contributed by atoms with Crippen LogP contribution in [-0.4, -0.2) is 47.6 Å². The maximum absolute atomic E-state index is 3.71. The minimum Gasteiger partial charge on any atom is -0.313 e. The van der Waals surface area contributed by atoms with Gasteiger partial charge in [-0.25, -0.2) is 0 Å². The van der Waals surface area contributed by atoms with E-state index in [1.165, 1.54) is 57.6 Å². The number of hydrogen-bond acceptors (Lipinski definition) is 3. The lowest BCUT2D eigenvalue weighted by molar-refractivity contribution is 0.256. The predicted octanol–water partition coefficient (Wildman–Crippen LogP) is 2.35. The third-order valence-electron chi connectivity index (χ3n) is 3.72. The first-order valence-electron chi connectivity index (χ1n) is 6.75. The SMILES string of the molecule is CC1(C)CN(CCNC2CCCC2)CCS1. The molecule has 1 N–H and O–H groups in total. The average Bonchev–Trinajstić information content (AvgIpc) is 2.69. The molecule has 0 atom stereocenters. The Morgan fingerprint density at radius 2 is 2.06 bits per heavy atom. The monoisotopic (exact) mass is 242 g/mol. The van der Waals surface area contributed by atoms with Crippen molar-refractivity contribution in [3.8, 4) is 0 Å². The maximum atomic E-state index is 3.71. The van der Waals surface area contributed by atoms with E-state index < -0.39 is 0 Å². The van der Waals surface area contributed by atoms with Crippen LogP contribution in [0.25, 0.3) is 0 Å². The predicted molar refractivity (Wildman–Crippen MR) is 73.2 cm³/mol.